The van der Waals surface area contributed by atoms with Crippen molar-refractivity contribution in [1.82, 2.24) is 25.2 Å². The number of aryl methyl sites for hydroxylation is 2. The van der Waals surface area contributed by atoms with Crippen LogP contribution in [0.15, 0.2) is 40.9 Å². The van der Waals surface area contributed by atoms with E-state index in [2.05, 4.69) is 20.3 Å². The second-order valence-corrected chi connectivity index (χ2v) is 6.73. The molecule has 0 spiro atoms. The number of rotatable bonds is 5. The number of amides is 1. The maximum Gasteiger partial charge on any atom is 0.276 e. The zero-order chi connectivity index (χ0) is 18.8. The van der Waals surface area contributed by atoms with E-state index in [1.807, 2.05) is 37.3 Å². The van der Waals surface area contributed by atoms with Crippen molar-refractivity contribution in [3.63, 3.8) is 0 Å². The van der Waals surface area contributed by atoms with Crippen LogP contribution in [0.5, 0.6) is 0 Å². The molecule has 0 unspecified atom stereocenters. The molecule has 3 aromatic rings. The number of nitrogens with zero attached hydrogens (tertiary/aromatic N) is 4. The maximum absolute atomic E-state index is 13.0. The third kappa shape index (κ3) is 3.75. The minimum Gasteiger partial charge on any atom is -0.372 e. The van der Waals surface area contributed by atoms with Crippen molar-refractivity contribution in [2.75, 3.05) is 6.54 Å². The Balaban J connectivity index is 1.52. The van der Waals surface area contributed by atoms with Gasteiger partial charge in [0.25, 0.3) is 5.91 Å². The quantitative estimate of drug-likeness (QED) is 0.744. The van der Waals surface area contributed by atoms with Crippen molar-refractivity contribution in [2.24, 2.45) is 0 Å². The highest BCUT2D eigenvalue weighted by Gasteiger charge is 2.40. The van der Waals surface area contributed by atoms with Gasteiger partial charge in [-0.1, -0.05) is 35.5 Å². The molecule has 0 aliphatic carbocycles. The Bertz CT molecular complexity index is 920. The number of H-pyrrole nitrogens is 1. The lowest BCUT2D eigenvalue weighted by atomic mass is 10.2. The van der Waals surface area contributed by atoms with Crippen LogP contribution in [0.2, 0.25) is 0 Å². The minimum absolute atomic E-state index is 0.106. The Hall–Kier alpha value is -3.00. The molecule has 0 radical (unpaired) electrons. The SMILES string of the molecule is Cc1nc([C@@H]2C[C@H](OCc3ccccc3)CN2C(=O)c2cc(C)on2)n[nH]1. The van der Waals surface area contributed by atoms with Crippen LogP contribution in [-0.2, 0) is 11.3 Å². The van der Waals surface area contributed by atoms with Gasteiger partial charge in [-0.05, 0) is 19.4 Å². The van der Waals surface area contributed by atoms with Crippen molar-refractivity contribution >= 4 is 5.91 Å². The maximum atomic E-state index is 13.0. The van der Waals surface area contributed by atoms with Crippen LogP contribution in [0.1, 0.15) is 45.9 Å². The van der Waals surface area contributed by atoms with Crippen LogP contribution in [0.3, 0.4) is 0 Å². The number of hydrogen-bond donors (Lipinski definition) is 1. The third-order valence-corrected chi connectivity index (χ3v) is 4.61. The van der Waals surface area contributed by atoms with E-state index in [9.17, 15) is 4.79 Å². The number of aromatic amines is 1. The summed E-state index contributed by atoms with van der Waals surface area (Å²) in [4.78, 5) is 19.1. The summed E-state index contributed by atoms with van der Waals surface area (Å²) >= 11 is 0. The summed E-state index contributed by atoms with van der Waals surface area (Å²) in [6.45, 7) is 4.55. The summed E-state index contributed by atoms with van der Waals surface area (Å²) in [5.41, 5.74) is 1.38. The lowest BCUT2D eigenvalue weighted by molar-refractivity contribution is 0.0435. The van der Waals surface area contributed by atoms with Crippen LogP contribution in [-0.4, -0.2) is 43.8 Å². The number of carbonyl (C=O) groups is 1. The number of nitrogens with one attached hydrogen (secondary N) is 1. The Kier molecular flexibility index (Phi) is 4.72. The molecule has 1 aromatic carbocycles. The molecular weight excluding hydrogens is 346 g/mol. The molecular formula is C19H21N5O3. The van der Waals surface area contributed by atoms with Crippen LogP contribution in [0.25, 0.3) is 0 Å². The normalized spacial score (nSPS) is 19.6. The summed E-state index contributed by atoms with van der Waals surface area (Å²) in [6.07, 6.45) is 0.526. The third-order valence-electron chi connectivity index (χ3n) is 4.61. The van der Waals surface area contributed by atoms with Gasteiger partial charge in [-0.2, -0.15) is 5.10 Å². The number of hydrogen-bond acceptors (Lipinski definition) is 6. The number of aromatic nitrogens is 4. The molecule has 1 N–H and O–H groups in total. The van der Waals surface area contributed by atoms with Gasteiger partial charge in [0.15, 0.2) is 11.5 Å². The van der Waals surface area contributed by atoms with E-state index in [-0.39, 0.29) is 23.7 Å². The van der Waals surface area contributed by atoms with E-state index < -0.39 is 0 Å². The molecule has 140 valence electrons. The van der Waals surface area contributed by atoms with Crippen LogP contribution < -0.4 is 0 Å². The summed E-state index contributed by atoms with van der Waals surface area (Å²) in [5, 5.41) is 11.0. The van der Waals surface area contributed by atoms with Crippen molar-refractivity contribution in [3.8, 4) is 0 Å². The Morgan fingerprint density at radius 1 is 1.33 bits per heavy atom. The monoisotopic (exact) mass is 367 g/mol. The van der Waals surface area contributed by atoms with E-state index in [0.717, 1.165) is 5.56 Å². The van der Waals surface area contributed by atoms with Crippen molar-refractivity contribution in [3.05, 3.63) is 65.1 Å². The largest absolute Gasteiger partial charge is 0.372 e. The first-order chi connectivity index (χ1) is 13.1. The van der Waals surface area contributed by atoms with E-state index in [1.165, 1.54) is 0 Å². The smallest absolute Gasteiger partial charge is 0.276 e. The molecule has 3 heterocycles. The highest BCUT2D eigenvalue weighted by Crippen LogP contribution is 2.33. The van der Waals surface area contributed by atoms with Crippen LogP contribution in [0.4, 0.5) is 0 Å². The number of carbonyl (C=O) groups excluding carboxylic acids is 1. The molecule has 4 rings (SSSR count). The lowest BCUT2D eigenvalue weighted by Crippen LogP contribution is -2.32. The highest BCUT2D eigenvalue weighted by atomic mass is 16.5. The first-order valence-electron chi connectivity index (χ1n) is 8.89. The molecule has 8 heteroatoms. The highest BCUT2D eigenvalue weighted by molar-refractivity contribution is 5.92. The molecule has 1 aliphatic rings. The van der Waals surface area contributed by atoms with Crippen LogP contribution in [0, 0.1) is 13.8 Å². The van der Waals surface area contributed by atoms with Gasteiger partial charge in [0.2, 0.25) is 0 Å². The zero-order valence-electron chi connectivity index (χ0n) is 15.3. The standard InChI is InChI=1S/C19H21N5O3/c1-12-8-16(23-27-12)19(25)24-10-15(26-11-14-6-4-3-5-7-14)9-17(24)18-20-13(2)21-22-18/h3-8,15,17H,9-11H2,1-2H3,(H,20,21,22)/t15-,17-/m0/s1. The molecule has 0 bridgehead atoms. The molecule has 8 nitrogen and oxygen atoms in total. The van der Waals surface area contributed by atoms with Gasteiger partial charge in [0, 0.05) is 19.0 Å². The zero-order valence-corrected chi connectivity index (χ0v) is 15.3. The first-order valence-corrected chi connectivity index (χ1v) is 8.89. The fraction of sp³-hybridized carbons (Fsp3) is 0.368. The molecule has 1 fully saturated rings. The second-order valence-electron chi connectivity index (χ2n) is 6.73. The Morgan fingerprint density at radius 3 is 2.81 bits per heavy atom. The van der Waals surface area contributed by atoms with Gasteiger partial charge in [0.05, 0.1) is 18.8 Å². The summed E-state index contributed by atoms with van der Waals surface area (Å²) < 4.78 is 11.1. The van der Waals surface area contributed by atoms with Gasteiger partial charge >= 0.3 is 0 Å². The summed E-state index contributed by atoms with van der Waals surface area (Å²) in [5.74, 6) is 1.69. The minimum atomic E-state index is -0.264. The van der Waals surface area contributed by atoms with E-state index >= 15 is 0 Å². The molecule has 2 aromatic heterocycles. The molecule has 0 saturated carbocycles. The predicted octanol–water partition coefficient (Wildman–Crippen LogP) is 2.58. The fourth-order valence-corrected chi connectivity index (χ4v) is 3.30. The molecule has 2 atom stereocenters. The van der Waals surface area contributed by atoms with Gasteiger partial charge in [0.1, 0.15) is 11.6 Å². The number of benzene rings is 1. The van der Waals surface area contributed by atoms with Crippen molar-refractivity contribution in [2.45, 2.75) is 39.0 Å². The number of ether oxygens (including phenoxy) is 1. The summed E-state index contributed by atoms with van der Waals surface area (Å²) in [7, 11) is 0. The van der Waals surface area contributed by atoms with Gasteiger partial charge in [-0.15, -0.1) is 0 Å². The van der Waals surface area contributed by atoms with E-state index in [0.29, 0.717) is 37.0 Å². The van der Waals surface area contributed by atoms with Gasteiger partial charge in [-0.3, -0.25) is 9.89 Å². The molecule has 1 saturated heterocycles. The summed E-state index contributed by atoms with van der Waals surface area (Å²) in [6, 6.07) is 11.4. The van der Waals surface area contributed by atoms with Gasteiger partial charge < -0.3 is 14.2 Å². The Labute approximate surface area is 156 Å². The van der Waals surface area contributed by atoms with Gasteiger partial charge in [-0.25, -0.2) is 4.98 Å². The second kappa shape index (κ2) is 7.32. The van der Waals surface area contributed by atoms with Crippen molar-refractivity contribution in [1.29, 1.82) is 0 Å². The number of likely N-dealkylation sites (tertiary alicyclic amines) is 1. The van der Waals surface area contributed by atoms with E-state index in [4.69, 9.17) is 9.26 Å². The Morgan fingerprint density at radius 2 is 2.15 bits per heavy atom. The molecule has 27 heavy (non-hydrogen) atoms. The molecule has 1 aliphatic heterocycles. The van der Waals surface area contributed by atoms with E-state index in [1.54, 1.807) is 17.9 Å². The van der Waals surface area contributed by atoms with Crippen molar-refractivity contribution < 1.29 is 14.1 Å². The average Bonchev–Trinajstić information content (AvgIpc) is 3.40. The molecule has 1 amide bonds. The fourth-order valence-electron chi connectivity index (χ4n) is 3.30. The topological polar surface area (TPSA) is 97.1 Å². The first kappa shape index (κ1) is 17.4. The van der Waals surface area contributed by atoms with Crippen LogP contribution >= 0.6 is 0 Å². The lowest BCUT2D eigenvalue weighted by Gasteiger charge is -2.20. The average molecular weight is 367 g/mol. The predicted molar refractivity (Wildman–Crippen MR) is 95.8 cm³/mol.